The summed E-state index contributed by atoms with van der Waals surface area (Å²) in [6.45, 7) is 0.580. The van der Waals surface area contributed by atoms with Crippen molar-refractivity contribution in [2.75, 3.05) is 7.11 Å². The van der Waals surface area contributed by atoms with E-state index in [1.807, 2.05) is 48.7 Å². The Hall–Kier alpha value is -4.26. The van der Waals surface area contributed by atoms with E-state index in [1.54, 1.807) is 24.4 Å². The Kier molecular flexibility index (Phi) is 5.57. The van der Waals surface area contributed by atoms with Crippen molar-refractivity contribution in [3.05, 3.63) is 106 Å². The van der Waals surface area contributed by atoms with E-state index >= 15 is 0 Å². The van der Waals surface area contributed by atoms with Crippen molar-refractivity contribution in [2.24, 2.45) is 4.99 Å². The number of methoxy groups -OCH3 is 1. The van der Waals surface area contributed by atoms with Crippen LogP contribution in [0.25, 0.3) is 10.9 Å². The van der Waals surface area contributed by atoms with Gasteiger partial charge in [-0.05, 0) is 35.9 Å². The Morgan fingerprint density at radius 3 is 2.61 bits per heavy atom. The molecule has 154 valence electrons. The maximum Gasteiger partial charge on any atom is 0.337 e. The number of para-hydroxylation sites is 1. The largest absolute Gasteiger partial charge is 0.465 e. The molecule has 0 fully saturated rings. The van der Waals surface area contributed by atoms with Crippen molar-refractivity contribution in [1.29, 1.82) is 0 Å². The number of nitro benzene ring substituents is 1. The number of carbonyl (C=O) groups excluding carboxylic acids is 1. The highest BCUT2D eigenvalue weighted by molar-refractivity contribution is 6.00. The molecule has 1 aromatic heterocycles. The van der Waals surface area contributed by atoms with Gasteiger partial charge in [0.25, 0.3) is 5.69 Å². The molecule has 7 nitrogen and oxygen atoms in total. The molecule has 0 bridgehead atoms. The lowest BCUT2D eigenvalue weighted by atomic mass is 10.1. The predicted octanol–water partition coefficient (Wildman–Crippen LogP) is 5.14. The first-order chi connectivity index (χ1) is 15.0. The van der Waals surface area contributed by atoms with E-state index in [4.69, 9.17) is 4.74 Å². The molecule has 0 aliphatic heterocycles. The van der Waals surface area contributed by atoms with Gasteiger partial charge in [0.05, 0.1) is 23.3 Å². The second-order valence-corrected chi connectivity index (χ2v) is 6.95. The van der Waals surface area contributed by atoms with Crippen LogP contribution in [0.4, 0.5) is 11.4 Å². The standard InChI is InChI=1S/C24H19N3O4/c1-31-24(28)18-6-4-5-17(13-18)15-26-16-19(22-7-2-3-8-23(22)26)14-25-20-9-11-21(12-10-20)27(29)30/h2-14,16H,15H2,1H3. The third kappa shape index (κ3) is 4.35. The van der Waals surface area contributed by atoms with E-state index in [1.165, 1.54) is 19.2 Å². The number of hydrogen-bond donors (Lipinski definition) is 0. The van der Waals surface area contributed by atoms with Crippen LogP contribution in [0.3, 0.4) is 0 Å². The Bertz CT molecular complexity index is 1290. The minimum atomic E-state index is -0.434. The van der Waals surface area contributed by atoms with Gasteiger partial charge in [-0.1, -0.05) is 30.3 Å². The van der Waals surface area contributed by atoms with Gasteiger partial charge in [-0.15, -0.1) is 0 Å². The van der Waals surface area contributed by atoms with Crippen LogP contribution >= 0.6 is 0 Å². The third-order valence-corrected chi connectivity index (χ3v) is 4.93. The number of hydrogen-bond acceptors (Lipinski definition) is 5. The van der Waals surface area contributed by atoms with Crippen LogP contribution < -0.4 is 0 Å². The van der Waals surface area contributed by atoms with E-state index in [-0.39, 0.29) is 11.7 Å². The van der Waals surface area contributed by atoms with Crippen molar-refractivity contribution in [1.82, 2.24) is 4.57 Å². The van der Waals surface area contributed by atoms with Gasteiger partial charge < -0.3 is 9.30 Å². The molecular formula is C24H19N3O4. The van der Waals surface area contributed by atoms with E-state index in [0.717, 1.165) is 22.0 Å². The number of aromatic nitrogens is 1. The van der Waals surface area contributed by atoms with Gasteiger partial charge in [-0.3, -0.25) is 15.1 Å². The van der Waals surface area contributed by atoms with E-state index in [2.05, 4.69) is 9.56 Å². The van der Waals surface area contributed by atoms with Crippen LogP contribution in [0.5, 0.6) is 0 Å². The zero-order valence-corrected chi connectivity index (χ0v) is 16.8. The predicted molar refractivity (Wildman–Crippen MR) is 119 cm³/mol. The van der Waals surface area contributed by atoms with Crippen molar-refractivity contribution < 1.29 is 14.5 Å². The van der Waals surface area contributed by atoms with Crippen molar-refractivity contribution in [3.63, 3.8) is 0 Å². The number of nitro groups is 1. The van der Waals surface area contributed by atoms with Gasteiger partial charge in [0.2, 0.25) is 0 Å². The van der Waals surface area contributed by atoms with Gasteiger partial charge in [0.15, 0.2) is 0 Å². The summed E-state index contributed by atoms with van der Waals surface area (Å²) in [6, 6.07) is 21.4. The fraction of sp³-hybridized carbons (Fsp3) is 0.0833. The first kappa shape index (κ1) is 20.0. The van der Waals surface area contributed by atoms with Crippen molar-refractivity contribution in [3.8, 4) is 0 Å². The molecule has 3 aromatic carbocycles. The fourth-order valence-electron chi connectivity index (χ4n) is 3.42. The first-order valence-corrected chi connectivity index (χ1v) is 9.59. The summed E-state index contributed by atoms with van der Waals surface area (Å²) in [6.07, 6.45) is 3.76. The maximum absolute atomic E-state index is 11.8. The summed E-state index contributed by atoms with van der Waals surface area (Å²) in [7, 11) is 1.37. The molecule has 0 aliphatic rings. The van der Waals surface area contributed by atoms with E-state index in [9.17, 15) is 14.9 Å². The lowest BCUT2D eigenvalue weighted by Gasteiger charge is -2.07. The Labute approximate surface area is 178 Å². The number of fused-ring (bicyclic) bond motifs is 1. The summed E-state index contributed by atoms with van der Waals surface area (Å²) >= 11 is 0. The van der Waals surface area contributed by atoms with Gasteiger partial charge in [0.1, 0.15) is 0 Å². The summed E-state index contributed by atoms with van der Waals surface area (Å²) in [5.41, 5.74) is 4.12. The van der Waals surface area contributed by atoms with E-state index < -0.39 is 4.92 Å². The molecule has 0 atom stereocenters. The molecule has 0 spiro atoms. The number of esters is 1. The van der Waals surface area contributed by atoms with Crippen LogP contribution in [0.15, 0.2) is 84.0 Å². The molecule has 0 unspecified atom stereocenters. The van der Waals surface area contributed by atoms with Crippen LogP contribution in [0, 0.1) is 10.1 Å². The van der Waals surface area contributed by atoms with Gasteiger partial charge in [-0.25, -0.2) is 4.79 Å². The number of ether oxygens (including phenoxy) is 1. The molecule has 4 aromatic rings. The average Bonchev–Trinajstić information content (AvgIpc) is 3.15. The quantitative estimate of drug-likeness (QED) is 0.190. The molecule has 4 rings (SSSR count). The maximum atomic E-state index is 11.8. The first-order valence-electron chi connectivity index (χ1n) is 9.59. The summed E-state index contributed by atoms with van der Waals surface area (Å²) in [5, 5.41) is 11.8. The molecule has 0 amide bonds. The van der Waals surface area contributed by atoms with Crippen molar-refractivity contribution >= 4 is 34.5 Å². The topological polar surface area (TPSA) is 86.7 Å². The highest BCUT2D eigenvalue weighted by atomic mass is 16.6. The van der Waals surface area contributed by atoms with Crippen molar-refractivity contribution in [2.45, 2.75) is 6.54 Å². The average molecular weight is 413 g/mol. The smallest absolute Gasteiger partial charge is 0.337 e. The number of non-ortho nitro benzene ring substituents is 1. The molecule has 0 saturated heterocycles. The Morgan fingerprint density at radius 1 is 1.10 bits per heavy atom. The second kappa shape index (κ2) is 8.62. The molecule has 31 heavy (non-hydrogen) atoms. The molecule has 1 heterocycles. The summed E-state index contributed by atoms with van der Waals surface area (Å²) < 4.78 is 6.91. The number of rotatable bonds is 6. The molecule has 7 heteroatoms. The highest BCUT2D eigenvalue weighted by Gasteiger charge is 2.10. The molecule has 0 radical (unpaired) electrons. The zero-order chi connectivity index (χ0) is 21.8. The van der Waals surface area contributed by atoms with Crippen LogP contribution in [-0.2, 0) is 11.3 Å². The molecule has 0 N–H and O–H groups in total. The normalized spacial score (nSPS) is 11.1. The summed E-state index contributed by atoms with van der Waals surface area (Å²) in [5.74, 6) is -0.366. The van der Waals surface area contributed by atoms with Gasteiger partial charge >= 0.3 is 5.97 Å². The number of carbonyl (C=O) groups is 1. The number of benzene rings is 3. The SMILES string of the molecule is COC(=O)c1cccc(Cn2cc(C=Nc3ccc([N+](=O)[O-])cc3)c3ccccc32)c1. The molecular weight excluding hydrogens is 394 g/mol. The monoisotopic (exact) mass is 413 g/mol. The Morgan fingerprint density at radius 2 is 1.87 bits per heavy atom. The van der Waals surface area contributed by atoms with Crippen LogP contribution in [0.1, 0.15) is 21.5 Å². The lowest BCUT2D eigenvalue weighted by Crippen LogP contribution is -2.03. The van der Waals surface area contributed by atoms with Crippen LogP contribution in [-0.4, -0.2) is 28.8 Å². The fourth-order valence-corrected chi connectivity index (χ4v) is 3.42. The third-order valence-electron chi connectivity index (χ3n) is 4.93. The summed E-state index contributed by atoms with van der Waals surface area (Å²) in [4.78, 5) is 26.7. The number of nitrogens with zero attached hydrogens (tertiary/aromatic N) is 3. The van der Waals surface area contributed by atoms with Crippen LogP contribution in [0.2, 0.25) is 0 Å². The minimum Gasteiger partial charge on any atom is -0.465 e. The van der Waals surface area contributed by atoms with Gasteiger partial charge in [0, 0.05) is 47.6 Å². The Balaban J connectivity index is 1.65. The lowest BCUT2D eigenvalue weighted by molar-refractivity contribution is -0.384. The number of aliphatic imine (C=N–C) groups is 1. The molecule has 0 saturated carbocycles. The molecule has 0 aliphatic carbocycles. The second-order valence-electron chi connectivity index (χ2n) is 6.95. The zero-order valence-electron chi connectivity index (χ0n) is 16.8. The van der Waals surface area contributed by atoms with E-state index in [0.29, 0.717) is 17.8 Å². The highest BCUT2D eigenvalue weighted by Crippen LogP contribution is 2.23. The van der Waals surface area contributed by atoms with Gasteiger partial charge in [-0.2, -0.15) is 0 Å². The minimum absolute atomic E-state index is 0.0322.